The first-order valence-electron chi connectivity index (χ1n) is 12.3. The van der Waals surface area contributed by atoms with Gasteiger partial charge < -0.3 is 20.3 Å². The molecule has 0 spiro atoms. The molecule has 0 saturated heterocycles. The van der Waals surface area contributed by atoms with Gasteiger partial charge in [-0.05, 0) is 78.9 Å². The number of ether oxygens (including phenoxy) is 1. The van der Waals surface area contributed by atoms with E-state index >= 15 is 0 Å². The zero-order valence-corrected chi connectivity index (χ0v) is 23.0. The molecule has 0 bridgehead atoms. The summed E-state index contributed by atoms with van der Waals surface area (Å²) < 4.78 is 5.44. The molecule has 0 saturated carbocycles. The number of nitrogens with one attached hydrogen (secondary N) is 1. The Morgan fingerprint density at radius 3 is 2.23 bits per heavy atom. The van der Waals surface area contributed by atoms with Crippen LogP contribution in [-0.2, 0) is 17.1 Å². The monoisotopic (exact) mass is 580 g/mol. The summed E-state index contributed by atoms with van der Waals surface area (Å²) in [5.74, 6) is 0.235. The summed E-state index contributed by atoms with van der Waals surface area (Å²) in [5.41, 5.74) is 5.19. The minimum Gasteiger partial charge on any atom is -0.506 e. The third kappa shape index (κ3) is 6.28. The van der Waals surface area contributed by atoms with Crippen LogP contribution in [0.25, 0.3) is 10.8 Å². The number of para-hydroxylation sites is 1. The van der Waals surface area contributed by atoms with Crippen LogP contribution in [0.4, 0.5) is 34.1 Å². The maximum Gasteiger partial charge on any atom is 0.151 e. The fourth-order valence-electron chi connectivity index (χ4n) is 4.18. The van der Waals surface area contributed by atoms with Gasteiger partial charge in [-0.15, -0.1) is 15.3 Å². The van der Waals surface area contributed by atoms with Gasteiger partial charge in [0.15, 0.2) is 5.75 Å². The van der Waals surface area contributed by atoms with E-state index in [1.807, 2.05) is 92.7 Å². The Bertz CT molecular complexity index is 1720. The van der Waals surface area contributed by atoms with Gasteiger partial charge in [0, 0.05) is 46.0 Å². The summed E-state index contributed by atoms with van der Waals surface area (Å²) in [4.78, 5) is 0. The number of phenolic OH excluding ortho intramolecular Hbond substituents is 2. The van der Waals surface area contributed by atoms with Gasteiger partial charge in [0.1, 0.15) is 28.6 Å². The van der Waals surface area contributed by atoms with Crippen molar-refractivity contribution in [2.45, 2.75) is 13.8 Å². The van der Waals surface area contributed by atoms with Crippen LogP contribution in [0.15, 0.2) is 111 Å². The molecule has 1 radical (unpaired) electrons. The molecule has 0 unspecified atom stereocenters. The molecule has 0 aromatic heterocycles. The van der Waals surface area contributed by atoms with E-state index < -0.39 is 0 Å². The second-order valence-corrected chi connectivity index (χ2v) is 9.07. The molecule has 0 amide bonds. The van der Waals surface area contributed by atoms with Crippen molar-refractivity contribution >= 4 is 44.9 Å². The van der Waals surface area contributed by atoms with Crippen molar-refractivity contribution in [2.75, 3.05) is 12.4 Å². The van der Waals surface area contributed by atoms with Crippen LogP contribution in [0, 0.1) is 13.8 Å². The van der Waals surface area contributed by atoms with Gasteiger partial charge in [-0.25, -0.2) is 0 Å². The van der Waals surface area contributed by atoms with Crippen molar-refractivity contribution in [2.24, 2.45) is 20.5 Å². The van der Waals surface area contributed by atoms with Crippen LogP contribution in [-0.4, -0.2) is 17.3 Å². The molecular formula is C31H27CuN5O3. The number of hydrogen-bond acceptors (Lipinski definition) is 8. The van der Waals surface area contributed by atoms with Gasteiger partial charge in [0.25, 0.3) is 0 Å². The van der Waals surface area contributed by atoms with E-state index in [-0.39, 0.29) is 34.3 Å². The summed E-state index contributed by atoms with van der Waals surface area (Å²) in [6.45, 7) is 3.82. The molecule has 0 atom stereocenters. The largest absolute Gasteiger partial charge is 0.506 e. The Morgan fingerprint density at radius 2 is 1.48 bits per heavy atom. The number of rotatable bonds is 7. The fourth-order valence-corrected chi connectivity index (χ4v) is 4.18. The van der Waals surface area contributed by atoms with Crippen LogP contribution in [0.2, 0.25) is 0 Å². The Labute approximate surface area is 242 Å². The SMILES string of the molecule is COc1cc(N=Nc2c(C)cc3cc(Nc4ccccc4)ccc3c2O)c(O)cc1N=Nc1cccc(C)c1.[Cu]. The van der Waals surface area contributed by atoms with Crippen LogP contribution >= 0.6 is 0 Å². The van der Waals surface area contributed by atoms with Gasteiger partial charge in [-0.2, -0.15) is 5.11 Å². The van der Waals surface area contributed by atoms with Crippen molar-refractivity contribution in [3.8, 4) is 17.2 Å². The first-order chi connectivity index (χ1) is 18.9. The van der Waals surface area contributed by atoms with E-state index in [1.165, 1.54) is 19.2 Å². The molecule has 5 rings (SSSR count). The summed E-state index contributed by atoms with van der Waals surface area (Å²) in [7, 11) is 1.50. The number of anilines is 2. The van der Waals surface area contributed by atoms with Crippen molar-refractivity contribution in [3.05, 3.63) is 102 Å². The second-order valence-electron chi connectivity index (χ2n) is 9.07. The van der Waals surface area contributed by atoms with Gasteiger partial charge in [0.05, 0.1) is 12.8 Å². The molecule has 5 aromatic rings. The number of phenols is 2. The smallest absolute Gasteiger partial charge is 0.151 e. The minimum atomic E-state index is -0.146. The number of aromatic hydroxyl groups is 2. The van der Waals surface area contributed by atoms with E-state index in [0.717, 1.165) is 27.9 Å². The number of aryl methyl sites for hydroxylation is 2. The van der Waals surface area contributed by atoms with E-state index in [1.54, 1.807) is 0 Å². The van der Waals surface area contributed by atoms with E-state index in [0.29, 0.717) is 28.2 Å². The predicted molar refractivity (Wildman–Crippen MR) is 154 cm³/mol. The van der Waals surface area contributed by atoms with E-state index in [4.69, 9.17) is 4.74 Å². The molecule has 0 fully saturated rings. The molecule has 0 aliphatic heterocycles. The summed E-state index contributed by atoms with van der Waals surface area (Å²) >= 11 is 0. The predicted octanol–water partition coefficient (Wildman–Crippen LogP) is 9.45. The Balaban J connectivity index is 0.00000370. The first kappa shape index (κ1) is 28.3. The molecule has 5 aromatic carbocycles. The third-order valence-electron chi connectivity index (χ3n) is 6.15. The maximum atomic E-state index is 11.0. The number of benzene rings is 5. The molecule has 3 N–H and O–H groups in total. The molecule has 9 heteroatoms. The second kappa shape index (κ2) is 12.4. The normalized spacial score (nSPS) is 11.2. The van der Waals surface area contributed by atoms with E-state index in [2.05, 4.69) is 25.8 Å². The summed E-state index contributed by atoms with van der Waals surface area (Å²) in [6, 6.07) is 28.1. The molecule has 205 valence electrons. The standard InChI is InChI=1S/C31H27N5O3.Cu/c1-19-8-7-11-24(14-19)33-35-27-17-28(37)26(18-29(27)39-3)34-36-30-20(2)15-21-16-23(12-13-25(21)31(30)38)32-22-9-5-4-6-10-22;/h4-18,32,37-38H,1-3H3;. The van der Waals surface area contributed by atoms with Crippen molar-refractivity contribution in [1.82, 2.24) is 0 Å². The van der Waals surface area contributed by atoms with Crippen LogP contribution in [0.1, 0.15) is 11.1 Å². The minimum absolute atomic E-state index is 0. The first-order valence-corrected chi connectivity index (χ1v) is 12.3. The van der Waals surface area contributed by atoms with Crippen molar-refractivity contribution < 1.29 is 32.0 Å². The van der Waals surface area contributed by atoms with Crippen LogP contribution < -0.4 is 10.1 Å². The molecule has 0 aliphatic carbocycles. The molecule has 0 heterocycles. The Hall–Kier alpha value is -4.72. The van der Waals surface area contributed by atoms with Gasteiger partial charge >= 0.3 is 0 Å². The van der Waals surface area contributed by atoms with Crippen LogP contribution in [0.5, 0.6) is 17.2 Å². The number of methoxy groups -OCH3 is 1. The van der Waals surface area contributed by atoms with Gasteiger partial charge in [-0.3, -0.25) is 0 Å². The topological polar surface area (TPSA) is 111 Å². The van der Waals surface area contributed by atoms with Crippen LogP contribution in [0.3, 0.4) is 0 Å². The van der Waals surface area contributed by atoms with Crippen molar-refractivity contribution in [3.63, 3.8) is 0 Å². The molecule has 8 nitrogen and oxygen atoms in total. The third-order valence-corrected chi connectivity index (χ3v) is 6.15. The number of nitrogens with zero attached hydrogens (tertiary/aromatic N) is 4. The Kier molecular flexibility index (Phi) is 8.79. The number of azo groups is 2. The Morgan fingerprint density at radius 1 is 0.700 bits per heavy atom. The summed E-state index contributed by atoms with van der Waals surface area (Å²) in [6.07, 6.45) is 0. The van der Waals surface area contributed by atoms with Crippen molar-refractivity contribution in [1.29, 1.82) is 0 Å². The molecular weight excluding hydrogens is 554 g/mol. The summed E-state index contributed by atoms with van der Waals surface area (Å²) in [5, 5.41) is 43.4. The number of hydrogen-bond donors (Lipinski definition) is 3. The molecule has 40 heavy (non-hydrogen) atoms. The zero-order chi connectivity index (χ0) is 27.4. The van der Waals surface area contributed by atoms with Gasteiger partial charge in [0.2, 0.25) is 0 Å². The quantitative estimate of drug-likeness (QED) is 0.131. The van der Waals surface area contributed by atoms with E-state index in [9.17, 15) is 10.2 Å². The van der Waals surface area contributed by atoms with Gasteiger partial charge in [-0.1, -0.05) is 30.3 Å². The zero-order valence-electron chi connectivity index (χ0n) is 22.1. The average Bonchev–Trinajstić information content (AvgIpc) is 2.93. The maximum absolute atomic E-state index is 11.0. The number of fused-ring (bicyclic) bond motifs is 1. The fraction of sp³-hybridized carbons (Fsp3) is 0.0968. The average molecular weight is 581 g/mol. The molecule has 0 aliphatic rings.